The summed E-state index contributed by atoms with van der Waals surface area (Å²) >= 11 is 1.41. The SMILES string of the molecule is CC1CCN(S(=O)(=O)c2ccc(CNC3CC3)s2)C1. The molecular formula is C13H20N2O2S2. The molecule has 3 rings (SSSR count). The first-order valence-corrected chi connectivity index (χ1v) is 9.13. The van der Waals surface area contributed by atoms with E-state index in [1.54, 1.807) is 10.4 Å². The Labute approximate surface area is 118 Å². The average Bonchev–Trinajstić information content (AvgIpc) is 2.89. The highest BCUT2D eigenvalue weighted by Crippen LogP contribution is 2.29. The van der Waals surface area contributed by atoms with E-state index in [4.69, 9.17) is 0 Å². The van der Waals surface area contributed by atoms with Crippen LogP contribution in [0.3, 0.4) is 0 Å². The molecule has 0 bridgehead atoms. The first-order chi connectivity index (χ1) is 9.05. The quantitative estimate of drug-likeness (QED) is 0.905. The molecule has 1 unspecified atom stereocenters. The van der Waals surface area contributed by atoms with Gasteiger partial charge in [0, 0.05) is 30.6 Å². The monoisotopic (exact) mass is 300 g/mol. The van der Waals surface area contributed by atoms with E-state index in [-0.39, 0.29) is 0 Å². The summed E-state index contributed by atoms with van der Waals surface area (Å²) in [6.07, 6.45) is 3.48. The largest absolute Gasteiger partial charge is 0.309 e. The van der Waals surface area contributed by atoms with Crippen molar-refractivity contribution in [1.82, 2.24) is 9.62 Å². The Kier molecular flexibility index (Phi) is 3.68. The van der Waals surface area contributed by atoms with Crippen LogP contribution < -0.4 is 5.32 Å². The van der Waals surface area contributed by atoms with Crippen molar-refractivity contribution in [2.24, 2.45) is 5.92 Å². The molecule has 0 amide bonds. The lowest BCUT2D eigenvalue weighted by atomic mass is 10.2. The Balaban J connectivity index is 1.69. The molecule has 6 heteroatoms. The fourth-order valence-corrected chi connectivity index (χ4v) is 5.40. The van der Waals surface area contributed by atoms with E-state index in [1.165, 1.54) is 24.2 Å². The Morgan fingerprint density at radius 2 is 2.16 bits per heavy atom. The Morgan fingerprint density at radius 1 is 1.37 bits per heavy atom. The molecule has 1 saturated heterocycles. The highest BCUT2D eigenvalue weighted by molar-refractivity contribution is 7.91. The van der Waals surface area contributed by atoms with Crippen molar-refractivity contribution < 1.29 is 8.42 Å². The van der Waals surface area contributed by atoms with Gasteiger partial charge in [-0.2, -0.15) is 4.31 Å². The van der Waals surface area contributed by atoms with Crippen LogP contribution in [0.15, 0.2) is 16.3 Å². The molecule has 0 radical (unpaired) electrons. The van der Waals surface area contributed by atoms with Crippen molar-refractivity contribution in [1.29, 1.82) is 0 Å². The van der Waals surface area contributed by atoms with Crippen LogP contribution in [0.5, 0.6) is 0 Å². The highest BCUT2D eigenvalue weighted by Gasteiger charge is 2.31. The zero-order valence-electron chi connectivity index (χ0n) is 11.1. The number of sulfonamides is 1. The molecular weight excluding hydrogens is 280 g/mol. The minimum Gasteiger partial charge on any atom is -0.309 e. The van der Waals surface area contributed by atoms with Gasteiger partial charge in [0.05, 0.1) is 0 Å². The number of rotatable bonds is 5. The molecule has 1 aliphatic heterocycles. The Hall–Kier alpha value is -0.430. The maximum Gasteiger partial charge on any atom is 0.252 e. The van der Waals surface area contributed by atoms with Gasteiger partial charge in [0.15, 0.2) is 0 Å². The van der Waals surface area contributed by atoms with Crippen molar-refractivity contribution >= 4 is 21.4 Å². The molecule has 19 heavy (non-hydrogen) atoms. The van der Waals surface area contributed by atoms with Crippen LogP contribution in [0.25, 0.3) is 0 Å². The van der Waals surface area contributed by atoms with Gasteiger partial charge in [-0.3, -0.25) is 0 Å². The van der Waals surface area contributed by atoms with Crippen molar-refractivity contribution in [2.75, 3.05) is 13.1 Å². The second-order valence-electron chi connectivity index (χ2n) is 5.63. The smallest absolute Gasteiger partial charge is 0.252 e. The molecule has 1 aromatic rings. The van der Waals surface area contributed by atoms with Crippen LogP contribution in [-0.4, -0.2) is 31.9 Å². The summed E-state index contributed by atoms with van der Waals surface area (Å²) in [6.45, 7) is 4.23. The minimum atomic E-state index is -3.25. The first-order valence-electron chi connectivity index (χ1n) is 6.88. The molecule has 106 valence electrons. The third-order valence-corrected chi connectivity index (χ3v) is 7.18. The van der Waals surface area contributed by atoms with Crippen molar-refractivity contribution in [3.05, 3.63) is 17.0 Å². The van der Waals surface area contributed by atoms with Crippen molar-refractivity contribution in [3.8, 4) is 0 Å². The van der Waals surface area contributed by atoms with Crippen LogP contribution in [0.4, 0.5) is 0 Å². The summed E-state index contributed by atoms with van der Waals surface area (Å²) in [5.41, 5.74) is 0. The van der Waals surface area contributed by atoms with Crippen LogP contribution in [0, 0.1) is 5.92 Å². The third kappa shape index (κ3) is 3.02. The predicted molar refractivity (Wildman–Crippen MR) is 76.7 cm³/mol. The van der Waals surface area contributed by atoms with E-state index in [2.05, 4.69) is 12.2 Å². The van der Waals surface area contributed by atoms with Crippen molar-refractivity contribution in [2.45, 2.75) is 43.0 Å². The summed E-state index contributed by atoms with van der Waals surface area (Å²) in [5.74, 6) is 0.478. The summed E-state index contributed by atoms with van der Waals surface area (Å²) < 4.78 is 27.0. The Morgan fingerprint density at radius 3 is 2.79 bits per heavy atom. The van der Waals surface area contributed by atoms with Gasteiger partial charge in [-0.05, 0) is 37.3 Å². The molecule has 4 nitrogen and oxygen atoms in total. The van der Waals surface area contributed by atoms with Crippen LogP contribution in [0.1, 0.15) is 31.1 Å². The molecule has 0 spiro atoms. The zero-order chi connectivity index (χ0) is 13.5. The molecule has 2 aliphatic rings. The molecule has 0 aromatic carbocycles. The van der Waals surface area contributed by atoms with Gasteiger partial charge in [0.1, 0.15) is 4.21 Å². The molecule has 1 atom stereocenters. The van der Waals surface area contributed by atoms with E-state index >= 15 is 0 Å². The molecule has 1 aromatic heterocycles. The second-order valence-corrected chi connectivity index (χ2v) is 8.97. The van der Waals surface area contributed by atoms with E-state index in [9.17, 15) is 8.42 Å². The van der Waals surface area contributed by atoms with E-state index < -0.39 is 10.0 Å². The van der Waals surface area contributed by atoms with Gasteiger partial charge in [0.25, 0.3) is 10.0 Å². The molecule has 1 aliphatic carbocycles. The lowest BCUT2D eigenvalue weighted by Crippen LogP contribution is -2.27. The zero-order valence-corrected chi connectivity index (χ0v) is 12.8. The fraction of sp³-hybridized carbons (Fsp3) is 0.692. The number of thiophene rings is 1. The van der Waals surface area contributed by atoms with E-state index in [1.807, 2.05) is 6.07 Å². The summed E-state index contributed by atoms with van der Waals surface area (Å²) in [4.78, 5) is 1.11. The molecule has 1 N–H and O–H groups in total. The lowest BCUT2D eigenvalue weighted by molar-refractivity contribution is 0.466. The normalized spacial score (nSPS) is 25.0. The van der Waals surface area contributed by atoms with Gasteiger partial charge >= 0.3 is 0 Å². The maximum atomic E-state index is 12.5. The summed E-state index contributed by atoms with van der Waals surface area (Å²) in [5, 5.41) is 3.42. The number of nitrogens with one attached hydrogen (secondary N) is 1. The molecule has 1 saturated carbocycles. The lowest BCUT2D eigenvalue weighted by Gasteiger charge is -2.14. The van der Waals surface area contributed by atoms with E-state index in [0.717, 1.165) is 17.8 Å². The highest BCUT2D eigenvalue weighted by atomic mass is 32.2. The van der Waals surface area contributed by atoms with Crippen LogP contribution in [-0.2, 0) is 16.6 Å². The standard InChI is InChI=1S/C13H20N2O2S2/c1-10-6-7-15(9-10)19(16,17)13-5-4-12(18-13)8-14-11-2-3-11/h4-5,10-11,14H,2-3,6-9H2,1H3. The number of nitrogens with zero attached hydrogens (tertiary/aromatic N) is 1. The van der Waals surface area contributed by atoms with Crippen molar-refractivity contribution in [3.63, 3.8) is 0 Å². The number of hydrogen-bond donors (Lipinski definition) is 1. The summed E-state index contributed by atoms with van der Waals surface area (Å²) in [7, 11) is -3.25. The molecule has 2 heterocycles. The first kappa shape index (κ1) is 13.5. The predicted octanol–water partition coefficient (Wildman–Crippen LogP) is 2.03. The maximum absolute atomic E-state index is 12.5. The Bertz CT molecular complexity index is 549. The fourth-order valence-electron chi connectivity index (χ4n) is 2.36. The van der Waals surface area contributed by atoms with Crippen LogP contribution in [0.2, 0.25) is 0 Å². The van der Waals surface area contributed by atoms with Gasteiger partial charge in [0.2, 0.25) is 0 Å². The van der Waals surface area contributed by atoms with Gasteiger partial charge in [-0.15, -0.1) is 11.3 Å². The van der Waals surface area contributed by atoms with Crippen LogP contribution >= 0.6 is 11.3 Å². The molecule has 2 fully saturated rings. The van der Waals surface area contributed by atoms with Gasteiger partial charge in [-0.25, -0.2) is 8.42 Å². The van der Waals surface area contributed by atoms with E-state index in [0.29, 0.717) is 29.3 Å². The second kappa shape index (κ2) is 5.16. The third-order valence-electron chi connectivity index (χ3n) is 3.76. The van der Waals surface area contributed by atoms with Gasteiger partial charge in [-0.1, -0.05) is 6.92 Å². The summed E-state index contributed by atoms with van der Waals surface area (Å²) in [6, 6.07) is 4.35. The average molecular weight is 300 g/mol. The minimum absolute atomic E-state index is 0.478. The topological polar surface area (TPSA) is 49.4 Å². The van der Waals surface area contributed by atoms with Gasteiger partial charge < -0.3 is 5.32 Å². The number of hydrogen-bond acceptors (Lipinski definition) is 4.